The molecule has 3 aliphatic rings. The number of aliphatic carboxylic acids is 2. The normalized spacial score (nSPS) is 21.0. The number of likely N-dealkylation sites (tertiary alicyclic amines) is 1. The number of aromatic nitrogens is 3. The molecule has 41 heavy (non-hydrogen) atoms. The number of hydrogen-bond acceptors (Lipinski definition) is 7. The molecule has 1 atom stereocenters. The second-order valence-electron chi connectivity index (χ2n) is 9.85. The van der Waals surface area contributed by atoms with Gasteiger partial charge in [0.15, 0.2) is 0 Å². The molecular weight excluding hydrogens is 566 g/mol. The minimum atomic E-state index is -5.08. The van der Waals surface area contributed by atoms with E-state index in [2.05, 4.69) is 48.5 Å². The number of hydrogen-bond donors (Lipinski definition) is 3. The van der Waals surface area contributed by atoms with Crippen molar-refractivity contribution in [3.8, 4) is 0 Å². The standard InChI is InChI=1S/C20H32N6O.2C2HF3O2/c27-20-8-12-25(13-9-21-20)15-18-16-26(23-22-18)19-6-10-24(11-7-19)14-17-4-2-1-3-5-17;2*3-2(4,5)1(6)7/h1-2,16-17,19H,3-15H2,(H,21,27);2*(H,6,7). The molecule has 0 radical (unpaired) electrons. The average Bonchev–Trinajstić information content (AvgIpc) is 3.26. The van der Waals surface area contributed by atoms with Crippen molar-refractivity contribution in [2.24, 2.45) is 5.92 Å². The van der Waals surface area contributed by atoms with Gasteiger partial charge in [0.2, 0.25) is 5.91 Å². The minimum absolute atomic E-state index is 0.150. The fourth-order valence-electron chi connectivity index (χ4n) is 4.52. The highest BCUT2D eigenvalue weighted by Crippen LogP contribution is 2.25. The summed E-state index contributed by atoms with van der Waals surface area (Å²) in [6.45, 7) is 6.77. The first-order valence-corrected chi connectivity index (χ1v) is 13.0. The van der Waals surface area contributed by atoms with Crippen molar-refractivity contribution in [2.75, 3.05) is 39.3 Å². The first kappa shape index (κ1) is 34.0. The molecule has 1 unspecified atom stereocenters. The number of carboxylic acid groups (broad SMARTS) is 2. The van der Waals surface area contributed by atoms with Crippen LogP contribution >= 0.6 is 0 Å². The van der Waals surface area contributed by atoms with E-state index in [1.165, 1.54) is 38.9 Å². The molecule has 3 N–H and O–H groups in total. The van der Waals surface area contributed by atoms with Crippen LogP contribution in [0.25, 0.3) is 0 Å². The van der Waals surface area contributed by atoms with Crippen molar-refractivity contribution in [1.82, 2.24) is 30.1 Å². The molecule has 0 bridgehead atoms. The molecular formula is C24H34F6N6O5. The summed E-state index contributed by atoms with van der Waals surface area (Å²) in [4.78, 5) is 34.2. The SMILES string of the molecule is O=C(O)C(F)(F)F.O=C(O)C(F)(F)F.O=C1CCN(Cc2cn(C3CCN(CC4CC=CCC4)CC3)nn2)CCN1. The molecule has 3 heterocycles. The van der Waals surface area contributed by atoms with Gasteiger partial charge in [0.05, 0.1) is 17.9 Å². The van der Waals surface area contributed by atoms with Crippen molar-refractivity contribution in [1.29, 1.82) is 0 Å². The van der Waals surface area contributed by atoms with Crippen molar-refractivity contribution < 1.29 is 50.9 Å². The lowest BCUT2D eigenvalue weighted by Crippen LogP contribution is -2.38. The van der Waals surface area contributed by atoms with Gasteiger partial charge >= 0.3 is 24.3 Å². The van der Waals surface area contributed by atoms with Gasteiger partial charge in [-0.05, 0) is 38.0 Å². The van der Waals surface area contributed by atoms with Crippen LogP contribution in [0.15, 0.2) is 18.3 Å². The van der Waals surface area contributed by atoms with E-state index in [0.29, 0.717) is 12.5 Å². The quantitative estimate of drug-likeness (QED) is 0.344. The van der Waals surface area contributed by atoms with Crippen LogP contribution in [0.1, 0.15) is 50.3 Å². The molecule has 2 fully saturated rings. The Morgan fingerprint density at radius 2 is 1.54 bits per heavy atom. The maximum atomic E-state index is 11.5. The Hall–Kier alpha value is -3.21. The number of nitrogens with zero attached hydrogens (tertiary/aromatic N) is 5. The maximum Gasteiger partial charge on any atom is 0.490 e. The van der Waals surface area contributed by atoms with E-state index in [9.17, 15) is 31.1 Å². The summed E-state index contributed by atoms with van der Waals surface area (Å²) in [6, 6.07) is 0.473. The molecule has 0 aromatic carbocycles. The van der Waals surface area contributed by atoms with E-state index in [1.807, 2.05) is 0 Å². The minimum Gasteiger partial charge on any atom is -0.475 e. The van der Waals surface area contributed by atoms with Crippen LogP contribution in [-0.2, 0) is 20.9 Å². The van der Waals surface area contributed by atoms with Crippen LogP contribution in [0.4, 0.5) is 26.3 Å². The van der Waals surface area contributed by atoms with Gasteiger partial charge in [-0.25, -0.2) is 14.3 Å². The van der Waals surface area contributed by atoms with E-state index in [0.717, 1.165) is 50.6 Å². The van der Waals surface area contributed by atoms with E-state index in [1.54, 1.807) is 0 Å². The molecule has 1 amide bonds. The Bertz CT molecular complexity index is 999. The number of carbonyl (C=O) groups excluding carboxylic acids is 1. The van der Waals surface area contributed by atoms with E-state index in [-0.39, 0.29) is 5.91 Å². The summed E-state index contributed by atoms with van der Waals surface area (Å²) < 4.78 is 65.6. The average molecular weight is 601 g/mol. The van der Waals surface area contributed by atoms with Crippen LogP contribution in [0.5, 0.6) is 0 Å². The first-order chi connectivity index (χ1) is 19.1. The van der Waals surface area contributed by atoms with Gasteiger partial charge in [-0.2, -0.15) is 26.3 Å². The largest absolute Gasteiger partial charge is 0.490 e. The summed E-state index contributed by atoms with van der Waals surface area (Å²) in [6.07, 6.45) is 3.38. The number of amides is 1. The van der Waals surface area contributed by atoms with Gasteiger partial charge in [-0.3, -0.25) is 9.69 Å². The number of carboxylic acids is 2. The number of carbonyl (C=O) groups is 3. The molecule has 1 aliphatic carbocycles. The van der Waals surface area contributed by atoms with Gasteiger partial charge in [-0.15, -0.1) is 5.10 Å². The molecule has 2 aliphatic heterocycles. The highest BCUT2D eigenvalue weighted by molar-refractivity contribution is 5.76. The van der Waals surface area contributed by atoms with Gasteiger partial charge in [0.1, 0.15) is 0 Å². The lowest BCUT2D eigenvalue weighted by atomic mass is 9.93. The van der Waals surface area contributed by atoms with Crippen LogP contribution in [0.3, 0.4) is 0 Å². The van der Waals surface area contributed by atoms with Crippen LogP contribution in [0.2, 0.25) is 0 Å². The van der Waals surface area contributed by atoms with Crippen LogP contribution in [0, 0.1) is 5.92 Å². The Labute approximate surface area is 232 Å². The van der Waals surface area contributed by atoms with Crippen LogP contribution in [-0.4, -0.2) is 104 Å². The zero-order valence-electron chi connectivity index (χ0n) is 22.2. The predicted octanol–water partition coefficient (Wildman–Crippen LogP) is 2.86. The van der Waals surface area contributed by atoms with Gasteiger partial charge in [0, 0.05) is 52.2 Å². The second kappa shape index (κ2) is 15.7. The summed E-state index contributed by atoms with van der Waals surface area (Å²) in [5.41, 5.74) is 1.01. The number of alkyl halides is 6. The van der Waals surface area contributed by atoms with Crippen molar-refractivity contribution >= 4 is 17.8 Å². The van der Waals surface area contributed by atoms with Gasteiger partial charge in [0.25, 0.3) is 0 Å². The maximum absolute atomic E-state index is 11.5. The topological polar surface area (TPSA) is 141 Å². The summed E-state index contributed by atoms with van der Waals surface area (Å²) in [7, 11) is 0. The number of nitrogens with one attached hydrogen (secondary N) is 1. The Balaban J connectivity index is 0.000000349. The fraction of sp³-hybridized carbons (Fsp3) is 0.708. The first-order valence-electron chi connectivity index (χ1n) is 13.0. The molecule has 17 heteroatoms. The van der Waals surface area contributed by atoms with Crippen molar-refractivity contribution in [3.63, 3.8) is 0 Å². The number of halogens is 6. The number of allylic oxidation sites excluding steroid dienone is 2. The number of rotatable bonds is 5. The lowest BCUT2D eigenvalue weighted by molar-refractivity contribution is -0.193. The third kappa shape index (κ3) is 12.9. The van der Waals surface area contributed by atoms with E-state index >= 15 is 0 Å². The monoisotopic (exact) mass is 600 g/mol. The second-order valence-corrected chi connectivity index (χ2v) is 9.85. The van der Waals surface area contributed by atoms with Gasteiger partial charge in [-0.1, -0.05) is 17.4 Å². The Morgan fingerprint density at radius 1 is 0.927 bits per heavy atom. The molecule has 1 aromatic heterocycles. The molecule has 0 spiro atoms. The van der Waals surface area contributed by atoms with Gasteiger partial charge < -0.3 is 20.4 Å². The highest BCUT2D eigenvalue weighted by atomic mass is 19.4. The Kier molecular flexibility index (Phi) is 13.0. The third-order valence-corrected chi connectivity index (χ3v) is 6.66. The molecule has 0 saturated carbocycles. The zero-order chi connectivity index (χ0) is 30.6. The lowest BCUT2D eigenvalue weighted by Gasteiger charge is -2.34. The Morgan fingerprint density at radius 3 is 2.07 bits per heavy atom. The highest BCUT2D eigenvalue weighted by Gasteiger charge is 2.38. The molecule has 11 nitrogen and oxygen atoms in total. The molecule has 232 valence electrons. The molecule has 1 aromatic rings. The summed E-state index contributed by atoms with van der Waals surface area (Å²) in [5.74, 6) is -4.52. The van der Waals surface area contributed by atoms with E-state index in [4.69, 9.17) is 19.8 Å². The van der Waals surface area contributed by atoms with Crippen molar-refractivity contribution in [3.05, 3.63) is 24.0 Å². The number of piperidine rings is 1. The predicted molar refractivity (Wildman–Crippen MR) is 131 cm³/mol. The molecule has 2 saturated heterocycles. The van der Waals surface area contributed by atoms with Crippen LogP contribution < -0.4 is 5.32 Å². The van der Waals surface area contributed by atoms with E-state index < -0.39 is 24.3 Å². The third-order valence-electron chi connectivity index (χ3n) is 6.66. The summed E-state index contributed by atoms with van der Waals surface area (Å²) in [5, 5.41) is 26.0. The zero-order valence-corrected chi connectivity index (χ0v) is 22.2. The fourth-order valence-corrected chi connectivity index (χ4v) is 4.52. The smallest absolute Gasteiger partial charge is 0.475 e. The molecule has 4 rings (SSSR count). The van der Waals surface area contributed by atoms with Crippen molar-refractivity contribution in [2.45, 2.75) is 63.5 Å². The summed E-state index contributed by atoms with van der Waals surface area (Å²) >= 11 is 0.